The molecule has 0 radical (unpaired) electrons. The summed E-state index contributed by atoms with van der Waals surface area (Å²) in [7, 11) is 0. The SMILES string of the molecule is CC[C@@](C)(NC(=O)[C@H](C)NC(=O)[C@H](CO)NC(=O)C(C)(C)NC(C)=O)C(=O)N[C@](C)(CC)C(=O)N[C@@H](CCC(N)=O)C(=O)N[C@](C)(CC)C(=O)N[C@H](C(=O)NC(C)(C)C(=O)NCC(=O)N[C@@H](CC(C)C)C(=O)NC(C)(C)C(=O)N1CCC[C@H]1C(=O)N[C@@H](CC(C)C)C(=O)NC(C)(C)C(=O)NC(C)(C)C(=O)N[C@@H](CCC(N)=O)C(=O)N[C@H](CO)Cc1ccccc1)C(C)C. The predicted octanol–water partition coefficient (Wildman–Crippen LogP) is -3.15. The molecule has 1 saturated heterocycles. The number of carbonyl (C=O) groups excluding carboxylic acids is 20. The van der Waals surface area contributed by atoms with Gasteiger partial charge in [-0.25, -0.2) is 0 Å². The zero-order valence-corrected chi connectivity index (χ0v) is 78.8. The highest BCUT2D eigenvalue weighted by molar-refractivity contribution is 6.04. The Labute approximate surface area is 749 Å². The van der Waals surface area contributed by atoms with E-state index in [0.29, 0.717) is 6.42 Å². The van der Waals surface area contributed by atoms with Gasteiger partial charge >= 0.3 is 0 Å². The number of amides is 20. The molecule has 0 aliphatic carbocycles. The number of hydrogen-bond donors (Lipinski definition) is 21. The van der Waals surface area contributed by atoms with Crippen molar-refractivity contribution in [3.63, 3.8) is 0 Å². The van der Waals surface area contributed by atoms with Crippen LogP contribution in [0.15, 0.2) is 30.3 Å². The molecule has 42 nitrogen and oxygen atoms in total. The molecule has 42 heteroatoms. The molecule has 1 aromatic carbocycles. The molecule has 128 heavy (non-hydrogen) atoms. The summed E-state index contributed by atoms with van der Waals surface area (Å²) in [5, 5.41) is 63.8. The minimum absolute atomic E-state index is 0.0271. The monoisotopic (exact) mass is 1810 g/mol. The van der Waals surface area contributed by atoms with Gasteiger partial charge in [0.2, 0.25) is 118 Å². The standard InChI is InChI=1S/C86H144N20O22/c1-25-84(22,103-66(116)54(36-38-60(88)111)95-75(125)85(23,26-2)105-77(127)86(24,27-3)102-63(113)49(10)90-65(115)57(45-108)96-72(122)80(14,15)98-50(11)109)76(126)97-62(48(8)9)70(120)101-79(12,13)71(121)89-43-61(112)92-55(40-46(4)5)67(117)100-83(20,21)78(128)106-39-31-34-58(106)69(119)93-56(41-47(6)7)68(118)99-82(18,19)74(124)104-81(16,17)73(123)94-53(35-37-59(87)110)64(114)91-52(44-107)42-51-32-29-28-30-33-51/h28-30,32-33,46-49,52-58,62,107-108H,25-27,31,34-45H2,1-24H3,(H2,87,110)(H2,88,111)(H,89,121)(H,90,115)(H,91,114)(H,92,112)(H,93,119)(H,94,123)(H,95,125)(H,96,122)(H,97,126)(H,98,109)(H,99,118)(H,100,117)(H,101,120)(H,102,113)(H,103,116)(H,104,124)(H,105,127)/t49-,52-,53-,54-,55-,56-,57-,58-,62-,84+,85+,86+/m0/s1. The Hall–Kier alpha value is -11.5. The molecule has 23 N–H and O–H groups in total. The van der Waals surface area contributed by atoms with Gasteiger partial charge in [0.05, 0.1) is 25.8 Å². The van der Waals surface area contributed by atoms with E-state index < -0.39 is 255 Å². The summed E-state index contributed by atoms with van der Waals surface area (Å²) in [5.41, 5.74) is -2.37. The fraction of sp³-hybridized carbons (Fsp3) is 0.698. The maximum atomic E-state index is 14.6. The van der Waals surface area contributed by atoms with Crippen LogP contribution in [-0.4, -0.2) is 258 Å². The first-order valence-electron chi connectivity index (χ1n) is 43.3. The first-order valence-corrected chi connectivity index (χ1v) is 43.3. The third kappa shape index (κ3) is 34.6. The molecule has 0 unspecified atom stereocenters. The number of aliphatic hydroxyl groups excluding tert-OH is 2. The number of aliphatic hydroxyl groups is 2. The van der Waals surface area contributed by atoms with Crippen molar-refractivity contribution in [1.82, 2.24) is 95.3 Å². The molecule has 1 aromatic rings. The average molecular weight is 1810 g/mol. The number of nitrogens with zero attached hydrogens (tertiary/aromatic N) is 1. The fourth-order valence-electron chi connectivity index (χ4n) is 13.2. The zero-order chi connectivity index (χ0) is 98.5. The van der Waals surface area contributed by atoms with Crippen LogP contribution in [0, 0.1) is 17.8 Å². The van der Waals surface area contributed by atoms with Gasteiger partial charge in [-0.2, -0.15) is 0 Å². The predicted molar refractivity (Wildman–Crippen MR) is 471 cm³/mol. The maximum absolute atomic E-state index is 14.6. The van der Waals surface area contributed by atoms with Crippen LogP contribution in [0.25, 0.3) is 0 Å². The van der Waals surface area contributed by atoms with Crippen LogP contribution < -0.4 is 102 Å². The van der Waals surface area contributed by atoms with Crippen molar-refractivity contribution in [1.29, 1.82) is 0 Å². The molecule has 720 valence electrons. The van der Waals surface area contributed by atoms with Crippen LogP contribution >= 0.6 is 0 Å². The minimum atomic E-state index is -1.87. The molecule has 1 aliphatic heterocycles. The van der Waals surface area contributed by atoms with E-state index in [1.807, 2.05) is 0 Å². The van der Waals surface area contributed by atoms with E-state index in [2.05, 4.69) is 90.4 Å². The highest BCUT2D eigenvalue weighted by Gasteiger charge is 2.48. The molecule has 1 fully saturated rings. The number of primary amides is 2. The lowest BCUT2D eigenvalue weighted by atomic mass is 9.91. The number of rotatable bonds is 52. The molecular weight excluding hydrogens is 1670 g/mol. The van der Waals surface area contributed by atoms with E-state index in [0.717, 1.165) is 5.56 Å². The summed E-state index contributed by atoms with van der Waals surface area (Å²) < 4.78 is 0. The molecule has 0 spiro atoms. The van der Waals surface area contributed by atoms with Gasteiger partial charge < -0.3 is 117 Å². The van der Waals surface area contributed by atoms with Crippen molar-refractivity contribution in [2.45, 2.75) is 342 Å². The fourth-order valence-corrected chi connectivity index (χ4v) is 13.2. The third-order valence-corrected chi connectivity index (χ3v) is 22.1. The summed E-state index contributed by atoms with van der Waals surface area (Å²) in [6.45, 7) is 32.8. The Morgan fingerprint density at radius 3 is 1.33 bits per heavy atom. The first-order chi connectivity index (χ1) is 58.9. The van der Waals surface area contributed by atoms with Gasteiger partial charge in [0.25, 0.3) is 0 Å². The summed E-state index contributed by atoms with van der Waals surface area (Å²) in [6, 6.07) is -2.80. The van der Waals surface area contributed by atoms with E-state index in [-0.39, 0.29) is 76.2 Å². The van der Waals surface area contributed by atoms with Crippen LogP contribution in [0.1, 0.15) is 242 Å². The van der Waals surface area contributed by atoms with Crippen LogP contribution in [0.5, 0.6) is 0 Å². The van der Waals surface area contributed by atoms with Gasteiger partial charge in [0.1, 0.15) is 92.6 Å². The normalized spacial score (nSPS) is 16.3. The van der Waals surface area contributed by atoms with Crippen LogP contribution in [-0.2, 0) is 102 Å². The van der Waals surface area contributed by atoms with Crippen LogP contribution in [0.4, 0.5) is 0 Å². The summed E-state index contributed by atoms with van der Waals surface area (Å²) >= 11 is 0. The van der Waals surface area contributed by atoms with Gasteiger partial charge in [-0.15, -0.1) is 0 Å². The Morgan fingerprint density at radius 1 is 0.422 bits per heavy atom. The number of nitrogens with two attached hydrogens (primary N) is 2. The summed E-state index contributed by atoms with van der Waals surface area (Å²) in [6.07, 6.45) is -0.953. The third-order valence-electron chi connectivity index (χ3n) is 22.1. The molecule has 0 saturated carbocycles. The molecule has 20 amide bonds. The number of carbonyl (C=O) groups is 20. The van der Waals surface area contributed by atoms with Crippen molar-refractivity contribution in [2.75, 3.05) is 26.3 Å². The largest absolute Gasteiger partial charge is 0.394 e. The van der Waals surface area contributed by atoms with E-state index >= 15 is 0 Å². The lowest BCUT2D eigenvalue weighted by Gasteiger charge is -2.37. The zero-order valence-electron chi connectivity index (χ0n) is 78.8. The molecular formula is C86H144N20O22. The smallest absolute Gasteiger partial charge is 0.248 e. The maximum Gasteiger partial charge on any atom is 0.248 e. The average Bonchev–Trinajstić information content (AvgIpc) is 1.62. The van der Waals surface area contributed by atoms with Gasteiger partial charge in [-0.05, 0) is 184 Å². The van der Waals surface area contributed by atoms with Crippen molar-refractivity contribution < 1.29 is 106 Å². The van der Waals surface area contributed by atoms with Crippen molar-refractivity contribution in [3.05, 3.63) is 35.9 Å². The lowest BCUT2D eigenvalue weighted by molar-refractivity contribution is -0.145. The number of hydrogen-bond acceptors (Lipinski definition) is 22. The van der Waals surface area contributed by atoms with Crippen molar-refractivity contribution >= 4 is 118 Å². The van der Waals surface area contributed by atoms with Gasteiger partial charge in [0.15, 0.2) is 0 Å². The Balaban J connectivity index is 2.23. The molecule has 12 atom stereocenters. The second kappa shape index (κ2) is 48.6. The van der Waals surface area contributed by atoms with Crippen LogP contribution in [0.3, 0.4) is 0 Å². The van der Waals surface area contributed by atoms with E-state index in [1.165, 1.54) is 123 Å². The summed E-state index contributed by atoms with van der Waals surface area (Å²) in [5.74, 6) is -17.9. The van der Waals surface area contributed by atoms with Crippen molar-refractivity contribution in [2.24, 2.45) is 29.2 Å². The van der Waals surface area contributed by atoms with Gasteiger partial charge in [-0.1, -0.05) is 92.6 Å². The molecule has 1 aliphatic rings. The van der Waals surface area contributed by atoms with E-state index in [4.69, 9.17) is 11.5 Å². The quantitative estimate of drug-likeness (QED) is 0.0306. The minimum Gasteiger partial charge on any atom is -0.394 e. The first kappa shape index (κ1) is 113. The molecule has 0 aromatic heterocycles. The van der Waals surface area contributed by atoms with E-state index in [9.17, 15) is 106 Å². The molecule has 1 heterocycles. The molecule has 2 rings (SSSR count). The number of benzene rings is 1. The van der Waals surface area contributed by atoms with Crippen LogP contribution in [0.2, 0.25) is 0 Å². The second-order valence-electron chi connectivity index (χ2n) is 37.3. The van der Waals surface area contributed by atoms with Crippen molar-refractivity contribution in [3.8, 4) is 0 Å². The second-order valence-corrected chi connectivity index (χ2v) is 37.3. The number of likely N-dealkylation sites (tertiary alicyclic amines) is 1. The lowest BCUT2D eigenvalue weighted by Crippen LogP contribution is -2.68. The highest BCUT2D eigenvalue weighted by Crippen LogP contribution is 2.25. The topological polar surface area (TPSA) is 642 Å². The highest BCUT2D eigenvalue weighted by atomic mass is 16.3. The van der Waals surface area contributed by atoms with E-state index in [1.54, 1.807) is 78.8 Å². The Kier molecular flexibility index (Phi) is 42.8. The Bertz CT molecular complexity index is 4170. The Morgan fingerprint density at radius 2 is 0.844 bits per heavy atom. The number of nitrogens with one attached hydrogen (secondary N) is 17. The summed E-state index contributed by atoms with van der Waals surface area (Å²) in [4.78, 5) is 275. The van der Waals surface area contributed by atoms with Gasteiger partial charge in [0, 0.05) is 26.3 Å². The van der Waals surface area contributed by atoms with Gasteiger partial charge in [-0.3, -0.25) is 95.9 Å². The molecule has 0 bridgehead atoms.